The van der Waals surface area contributed by atoms with Crippen LogP contribution >= 0.6 is 11.3 Å². The first-order valence-electron chi connectivity index (χ1n) is 8.94. The first kappa shape index (κ1) is 17.5. The molecule has 5 heteroatoms. The summed E-state index contributed by atoms with van der Waals surface area (Å²) in [4.78, 5) is 27.3. The van der Waals surface area contributed by atoms with Crippen LogP contribution in [0.3, 0.4) is 0 Å². The zero-order valence-electron chi connectivity index (χ0n) is 15.1. The number of aryl methyl sites for hydroxylation is 2. The second kappa shape index (κ2) is 7.37. The molecule has 2 heterocycles. The van der Waals surface area contributed by atoms with Crippen molar-refractivity contribution < 1.29 is 0 Å². The number of nitrogens with zero attached hydrogens (tertiary/aromatic N) is 2. The minimum atomic E-state index is -0.253. The van der Waals surface area contributed by atoms with Crippen molar-refractivity contribution >= 4 is 22.2 Å². The number of benzene rings is 2. The van der Waals surface area contributed by atoms with Gasteiger partial charge in [0.15, 0.2) is 0 Å². The van der Waals surface area contributed by atoms with E-state index in [4.69, 9.17) is 0 Å². The summed E-state index contributed by atoms with van der Waals surface area (Å²) >= 11 is 1.64. The molecular weight excluding hydrogens is 356 g/mol. The number of rotatable bonds is 5. The summed E-state index contributed by atoms with van der Waals surface area (Å²) in [6.07, 6.45) is 0.676. The molecule has 136 valence electrons. The molecule has 0 aliphatic heterocycles. The summed E-state index contributed by atoms with van der Waals surface area (Å²) in [5.74, 6) is 0. The van der Waals surface area contributed by atoms with E-state index in [2.05, 4.69) is 6.07 Å². The third-order valence-corrected chi connectivity index (χ3v) is 5.65. The lowest BCUT2D eigenvalue weighted by atomic mass is 10.1. The average Bonchev–Trinajstić information content (AvgIpc) is 3.19. The Hall–Kier alpha value is -2.92. The Labute approximate surface area is 161 Å². The zero-order valence-corrected chi connectivity index (χ0v) is 15.9. The van der Waals surface area contributed by atoms with Crippen LogP contribution in [0.25, 0.3) is 10.9 Å². The van der Waals surface area contributed by atoms with Crippen LogP contribution in [0.1, 0.15) is 16.0 Å². The fraction of sp³-hybridized carbons (Fsp3) is 0.182. The quantitative estimate of drug-likeness (QED) is 0.531. The van der Waals surface area contributed by atoms with Gasteiger partial charge >= 0.3 is 5.69 Å². The summed E-state index contributed by atoms with van der Waals surface area (Å²) in [5.41, 5.74) is 2.41. The Bertz CT molecular complexity index is 1200. The highest BCUT2D eigenvalue weighted by atomic mass is 32.1. The van der Waals surface area contributed by atoms with Gasteiger partial charge < -0.3 is 0 Å². The SMILES string of the molecule is Cc1cccc(Cn2c(=O)n(CCc3cccs3)c(=O)c3ccccc32)c1. The number of thiophene rings is 1. The molecule has 0 aliphatic carbocycles. The largest absolute Gasteiger partial charge is 0.331 e. The number of fused-ring (bicyclic) bond motifs is 1. The summed E-state index contributed by atoms with van der Waals surface area (Å²) in [5, 5.41) is 2.59. The predicted molar refractivity (Wildman–Crippen MR) is 111 cm³/mol. The molecule has 4 rings (SSSR count). The molecule has 0 bridgehead atoms. The Balaban J connectivity index is 1.83. The van der Waals surface area contributed by atoms with Crippen LogP contribution in [0.15, 0.2) is 75.6 Å². The third kappa shape index (κ3) is 3.51. The zero-order chi connectivity index (χ0) is 18.8. The van der Waals surface area contributed by atoms with Crippen molar-refractivity contribution in [2.45, 2.75) is 26.4 Å². The minimum absolute atomic E-state index is 0.215. The molecule has 0 spiro atoms. The Kier molecular flexibility index (Phi) is 4.77. The summed E-state index contributed by atoms with van der Waals surface area (Å²) in [7, 11) is 0. The van der Waals surface area contributed by atoms with Gasteiger partial charge in [-0.2, -0.15) is 0 Å². The van der Waals surface area contributed by atoms with Crippen LogP contribution in [-0.4, -0.2) is 9.13 Å². The van der Waals surface area contributed by atoms with Crippen LogP contribution in [0.2, 0.25) is 0 Å². The van der Waals surface area contributed by atoms with Gasteiger partial charge in [0.25, 0.3) is 5.56 Å². The fourth-order valence-electron chi connectivity index (χ4n) is 3.39. The van der Waals surface area contributed by atoms with Gasteiger partial charge in [0, 0.05) is 11.4 Å². The van der Waals surface area contributed by atoms with Gasteiger partial charge in [-0.15, -0.1) is 11.3 Å². The average molecular weight is 376 g/mol. The van der Waals surface area contributed by atoms with Crippen molar-refractivity contribution in [2.75, 3.05) is 0 Å². The van der Waals surface area contributed by atoms with Crippen molar-refractivity contribution in [1.82, 2.24) is 9.13 Å². The molecule has 0 N–H and O–H groups in total. The molecule has 0 aliphatic rings. The van der Waals surface area contributed by atoms with Gasteiger partial charge in [-0.1, -0.05) is 48.0 Å². The first-order valence-corrected chi connectivity index (χ1v) is 9.82. The van der Waals surface area contributed by atoms with Gasteiger partial charge in [-0.25, -0.2) is 4.79 Å². The molecule has 2 aromatic heterocycles. The highest BCUT2D eigenvalue weighted by molar-refractivity contribution is 7.09. The van der Waals surface area contributed by atoms with Crippen LogP contribution < -0.4 is 11.2 Å². The third-order valence-electron chi connectivity index (χ3n) is 4.72. The molecule has 0 radical (unpaired) electrons. The smallest absolute Gasteiger partial charge is 0.289 e. The first-order chi connectivity index (χ1) is 13.1. The van der Waals surface area contributed by atoms with Crippen molar-refractivity contribution in [3.63, 3.8) is 0 Å². The van der Waals surface area contributed by atoms with Gasteiger partial charge in [0.1, 0.15) is 0 Å². The Morgan fingerprint density at radius 2 is 1.78 bits per heavy atom. The molecule has 4 nitrogen and oxygen atoms in total. The molecule has 0 atom stereocenters. The van der Waals surface area contributed by atoms with E-state index in [1.807, 2.05) is 60.8 Å². The summed E-state index contributed by atoms with van der Waals surface area (Å²) in [6, 6.07) is 19.5. The van der Waals surface area contributed by atoms with Crippen molar-refractivity contribution in [3.8, 4) is 0 Å². The second-order valence-corrected chi connectivity index (χ2v) is 7.69. The highest BCUT2D eigenvalue weighted by Gasteiger charge is 2.13. The molecular formula is C22H20N2O2S. The van der Waals surface area contributed by atoms with Crippen LogP contribution in [0.5, 0.6) is 0 Å². The van der Waals surface area contributed by atoms with Crippen LogP contribution in [0, 0.1) is 6.92 Å². The van der Waals surface area contributed by atoms with Crippen molar-refractivity contribution in [3.05, 3.63) is 103 Å². The van der Waals surface area contributed by atoms with E-state index in [0.29, 0.717) is 30.4 Å². The number of hydrogen-bond donors (Lipinski definition) is 0. The lowest BCUT2D eigenvalue weighted by Gasteiger charge is -2.14. The highest BCUT2D eigenvalue weighted by Crippen LogP contribution is 2.13. The Morgan fingerprint density at radius 3 is 2.56 bits per heavy atom. The molecule has 0 unspecified atom stereocenters. The number of hydrogen-bond acceptors (Lipinski definition) is 3. The van der Waals surface area contributed by atoms with E-state index < -0.39 is 0 Å². The van der Waals surface area contributed by atoms with Crippen molar-refractivity contribution in [1.29, 1.82) is 0 Å². The summed E-state index contributed by atoms with van der Waals surface area (Å²) < 4.78 is 3.08. The molecule has 0 amide bonds. The normalized spacial score (nSPS) is 11.1. The molecule has 2 aromatic carbocycles. The molecule has 0 fully saturated rings. The van der Waals surface area contributed by atoms with E-state index in [0.717, 1.165) is 11.1 Å². The van der Waals surface area contributed by atoms with E-state index in [-0.39, 0.29) is 11.2 Å². The number of aromatic nitrogens is 2. The van der Waals surface area contributed by atoms with E-state index in [1.54, 1.807) is 22.0 Å². The standard InChI is InChI=1S/C22H20N2O2S/c1-16-6-4-7-17(14-16)15-24-20-10-3-2-9-19(20)21(25)23(22(24)26)12-11-18-8-5-13-27-18/h2-10,13-14H,11-12,15H2,1H3. The molecule has 0 saturated heterocycles. The van der Waals surface area contributed by atoms with Gasteiger partial charge in [0.2, 0.25) is 0 Å². The minimum Gasteiger partial charge on any atom is -0.289 e. The second-order valence-electron chi connectivity index (χ2n) is 6.66. The molecule has 4 aromatic rings. The van der Waals surface area contributed by atoms with E-state index in [1.165, 1.54) is 9.44 Å². The van der Waals surface area contributed by atoms with Crippen LogP contribution in [0.4, 0.5) is 0 Å². The summed E-state index contributed by atoms with van der Waals surface area (Å²) in [6.45, 7) is 2.86. The maximum absolute atomic E-state index is 13.2. The maximum atomic E-state index is 13.2. The lowest BCUT2D eigenvalue weighted by Crippen LogP contribution is -2.40. The number of para-hydroxylation sites is 1. The topological polar surface area (TPSA) is 44.0 Å². The van der Waals surface area contributed by atoms with Gasteiger partial charge in [0.05, 0.1) is 17.4 Å². The van der Waals surface area contributed by atoms with Gasteiger partial charge in [-0.05, 0) is 42.5 Å². The molecule has 27 heavy (non-hydrogen) atoms. The predicted octanol–water partition coefficient (Wildman–Crippen LogP) is 3.82. The maximum Gasteiger partial charge on any atom is 0.331 e. The monoisotopic (exact) mass is 376 g/mol. The van der Waals surface area contributed by atoms with E-state index in [9.17, 15) is 9.59 Å². The van der Waals surface area contributed by atoms with Crippen molar-refractivity contribution in [2.24, 2.45) is 0 Å². The van der Waals surface area contributed by atoms with E-state index >= 15 is 0 Å². The van der Waals surface area contributed by atoms with Crippen LogP contribution in [-0.2, 0) is 19.5 Å². The van der Waals surface area contributed by atoms with Gasteiger partial charge in [-0.3, -0.25) is 13.9 Å². The Morgan fingerprint density at radius 1 is 0.926 bits per heavy atom. The lowest BCUT2D eigenvalue weighted by molar-refractivity contribution is 0.592. The molecule has 0 saturated carbocycles. The fourth-order valence-corrected chi connectivity index (χ4v) is 4.09.